The van der Waals surface area contributed by atoms with E-state index in [2.05, 4.69) is 10.6 Å². The van der Waals surface area contributed by atoms with E-state index in [1.807, 2.05) is 30.3 Å². The minimum absolute atomic E-state index is 0.0185. The maximum Gasteiger partial charge on any atom is 0.251 e. The van der Waals surface area contributed by atoms with Gasteiger partial charge in [0.25, 0.3) is 5.91 Å². The van der Waals surface area contributed by atoms with E-state index in [-0.39, 0.29) is 57.5 Å². The predicted octanol–water partition coefficient (Wildman–Crippen LogP) is 4.70. The highest BCUT2D eigenvalue weighted by atomic mass is 35.5. The first-order valence-corrected chi connectivity index (χ1v) is 13.1. The smallest absolute Gasteiger partial charge is 0.251 e. The maximum absolute atomic E-state index is 16.4. The van der Waals surface area contributed by atoms with Crippen LogP contribution < -0.4 is 15.4 Å². The topological polar surface area (TPSA) is 90.8 Å². The van der Waals surface area contributed by atoms with E-state index >= 15 is 8.78 Å². The van der Waals surface area contributed by atoms with Crippen LogP contribution in [-0.2, 0) is 12.0 Å². The molecule has 4 atom stereocenters. The van der Waals surface area contributed by atoms with E-state index in [1.165, 1.54) is 19.2 Å². The summed E-state index contributed by atoms with van der Waals surface area (Å²) >= 11 is 6.56. The van der Waals surface area contributed by atoms with E-state index in [0.29, 0.717) is 5.56 Å². The van der Waals surface area contributed by atoms with Crippen LogP contribution in [0.4, 0.5) is 8.78 Å². The summed E-state index contributed by atoms with van der Waals surface area (Å²) in [5.74, 6) is -2.12. The Balaban J connectivity index is 1.62. The number of benzene rings is 3. The highest BCUT2D eigenvalue weighted by Crippen LogP contribution is 2.53. The predicted molar refractivity (Wildman–Crippen MR) is 138 cm³/mol. The molecule has 1 amide bonds. The Morgan fingerprint density at radius 2 is 1.92 bits per heavy atom. The number of hydrogen-bond acceptors (Lipinski definition) is 5. The van der Waals surface area contributed by atoms with E-state index in [9.17, 15) is 15.0 Å². The molecular formula is C29H27ClF2N2O4. The van der Waals surface area contributed by atoms with Crippen LogP contribution in [0.2, 0.25) is 5.02 Å². The molecule has 3 aromatic carbocycles. The summed E-state index contributed by atoms with van der Waals surface area (Å²) in [4.78, 5) is 13.0. The Bertz CT molecular complexity index is 1440. The molecule has 198 valence electrons. The molecule has 3 aliphatic rings. The maximum atomic E-state index is 16.4. The Morgan fingerprint density at radius 1 is 1.16 bits per heavy atom. The van der Waals surface area contributed by atoms with Crippen molar-refractivity contribution in [2.45, 2.75) is 49.5 Å². The summed E-state index contributed by atoms with van der Waals surface area (Å²) in [6, 6.07) is 12.1. The number of fused-ring (bicyclic) bond motifs is 2. The van der Waals surface area contributed by atoms with E-state index in [0.717, 1.165) is 24.9 Å². The van der Waals surface area contributed by atoms with Gasteiger partial charge in [-0.05, 0) is 36.6 Å². The molecule has 0 unspecified atom stereocenters. The average molecular weight is 541 g/mol. The molecule has 0 bridgehead atoms. The van der Waals surface area contributed by atoms with Gasteiger partial charge < -0.3 is 25.6 Å². The molecule has 1 fully saturated rings. The summed E-state index contributed by atoms with van der Waals surface area (Å²) in [7, 11) is 1.40. The zero-order chi connectivity index (χ0) is 26.8. The molecule has 3 aromatic rings. The summed E-state index contributed by atoms with van der Waals surface area (Å²) in [6.45, 7) is 0.807. The van der Waals surface area contributed by atoms with Gasteiger partial charge >= 0.3 is 0 Å². The monoisotopic (exact) mass is 540 g/mol. The van der Waals surface area contributed by atoms with Gasteiger partial charge in [0.15, 0.2) is 5.60 Å². The first-order valence-electron chi connectivity index (χ1n) is 12.7. The van der Waals surface area contributed by atoms with Crippen LogP contribution in [0, 0.1) is 11.6 Å². The number of ether oxygens (including phenoxy) is 1. The summed E-state index contributed by atoms with van der Waals surface area (Å²) in [5.41, 5.74) is 0.175. The lowest BCUT2D eigenvalue weighted by Gasteiger charge is -2.35. The minimum Gasteiger partial charge on any atom is -0.480 e. The first-order chi connectivity index (χ1) is 18.3. The first kappa shape index (κ1) is 25.2. The zero-order valence-corrected chi connectivity index (χ0v) is 21.4. The van der Waals surface area contributed by atoms with Crippen molar-refractivity contribution in [1.29, 1.82) is 0 Å². The van der Waals surface area contributed by atoms with Crippen LogP contribution in [0.25, 0.3) is 11.1 Å². The van der Waals surface area contributed by atoms with Crippen molar-refractivity contribution in [2.24, 2.45) is 0 Å². The molecule has 0 aromatic heterocycles. The van der Waals surface area contributed by atoms with Crippen molar-refractivity contribution in [2.75, 3.05) is 13.6 Å². The lowest BCUT2D eigenvalue weighted by atomic mass is 9.80. The van der Waals surface area contributed by atoms with Crippen LogP contribution >= 0.6 is 11.6 Å². The Kier molecular flexibility index (Phi) is 6.18. The second-order valence-corrected chi connectivity index (χ2v) is 10.5. The lowest BCUT2D eigenvalue weighted by Crippen LogP contribution is -2.48. The van der Waals surface area contributed by atoms with Gasteiger partial charge in [0.1, 0.15) is 17.4 Å². The number of carbonyl (C=O) groups is 1. The Hall–Kier alpha value is -3.04. The number of aliphatic hydroxyl groups is 2. The van der Waals surface area contributed by atoms with Gasteiger partial charge in [0.05, 0.1) is 28.8 Å². The van der Waals surface area contributed by atoms with E-state index < -0.39 is 35.4 Å². The number of amides is 1. The Labute approximate surface area is 223 Å². The summed E-state index contributed by atoms with van der Waals surface area (Å²) in [6.07, 6.45) is -0.487. The van der Waals surface area contributed by atoms with Crippen LogP contribution in [0.1, 0.15) is 64.1 Å². The molecule has 1 aliphatic carbocycles. The molecule has 6 nitrogen and oxygen atoms in total. The van der Waals surface area contributed by atoms with Gasteiger partial charge in [-0.3, -0.25) is 4.79 Å². The zero-order valence-electron chi connectivity index (χ0n) is 20.7. The fourth-order valence-electron chi connectivity index (χ4n) is 6.34. The average Bonchev–Trinajstić information content (AvgIpc) is 3.64. The third-order valence-electron chi connectivity index (χ3n) is 8.10. The van der Waals surface area contributed by atoms with Crippen molar-refractivity contribution in [3.63, 3.8) is 0 Å². The van der Waals surface area contributed by atoms with Gasteiger partial charge in [-0.25, -0.2) is 8.78 Å². The molecule has 0 spiro atoms. The van der Waals surface area contributed by atoms with Gasteiger partial charge in [-0.15, -0.1) is 0 Å². The summed E-state index contributed by atoms with van der Waals surface area (Å²) in [5, 5.41) is 26.6. The molecule has 6 rings (SSSR count). The third kappa shape index (κ3) is 3.66. The number of rotatable bonds is 4. The van der Waals surface area contributed by atoms with Crippen LogP contribution in [0.5, 0.6) is 5.75 Å². The molecule has 0 saturated carbocycles. The molecule has 9 heteroatoms. The Morgan fingerprint density at radius 3 is 2.61 bits per heavy atom. The quantitative estimate of drug-likeness (QED) is 0.385. The number of aliphatic hydroxyl groups excluding tert-OH is 2. The van der Waals surface area contributed by atoms with Gasteiger partial charge in [0.2, 0.25) is 0 Å². The SMILES string of the molecule is CNC(=O)c1cc2c(c(F)c1-c1c(Cl)c(F)cc3c1C[C@](c1ccccc1)([C@@H]1CCCN1)O3)[C@H](O)C[C@@H]2O. The number of hydrogen-bond donors (Lipinski definition) is 4. The molecule has 38 heavy (non-hydrogen) atoms. The van der Waals surface area contributed by atoms with Crippen molar-refractivity contribution >= 4 is 17.5 Å². The fraction of sp³-hybridized carbons (Fsp3) is 0.345. The normalized spacial score (nSPS) is 25.7. The fourth-order valence-corrected chi connectivity index (χ4v) is 6.60. The minimum atomic E-state index is -1.28. The second kappa shape index (κ2) is 9.31. The molecular weight excluding hydrogens is 514 g/mol. The van der Waals surface area contributed by atoms with Crippen molar-refractivity contribution in [3.8, 4) is 16.9 Å². The lowest BCUT2D eigenvalue weighted by molar-refractivity contribution is 0.0539. The molecule has 0 radical (unpaired) electrons. The number of carbonyl (C=O) groups excluding carboxylic acids is 1. The van der Waals surface area contributed by atoms with E-state index in [1.54, 1.807) is 0 Å². The van der Waals surface area contributed by atoms with Crippen molar-refractivity contribution in [3.05, 3.63) is 86.9 Å². The van der Waals surface area contributed by atoms with Crippen molar-refractivity contribution in [1.82, 2.24) is 10.6 Å². The molecule has 2 aliphatic heterocycles. The number of nitrogens with one attached hydrogen (secondary N) is 2. The van der Waals surface area contributed by atoms with Crippen LogP contribution in [-0.4, -0.2) is 35.8 Å². The van der Waals surface area contributed by atoms with Gasteiger partial charge in [-0.1, -0.05) is 41.9 Å². The largest absolute Gasteiger partial charge is 0.480 e. The van der Waals surface area contributed by atoms with Gasteiger partial charge in [-0.2, -0.15) is 0 Å². The molecule has 4 N–H and O–H groups in total. The molecule has 1 saturated heterocycles. The number of halogens is 3. The van der Waals surface area contributed by atoms with Gasteiger partial charge in [0, 0.05) is 48.2 Å². The standard InChI is InChI=1S/C29H27ClF2N2O4/c1-33-28(37)16-10-15-19(35)12-20(36)23(15)27(32)25(16)24-17-13-29(22-8-5-9-34-22,14-6-3-2-4-7-14)38-21(17)11-18(31)26(24)30/h2-4,6-7,10-11,19-20,22,34-36H,5,8-9,12-13H2,1H3,(H,33,37)/t19-,20+,22-,29-/m0/s1. The van der Waals surface area contributed by atoms with E-state index in [4.69, 9.17) is 16.3 Å². The second-order valence-electron chi connectivity index (χ2n) is 10.2. The summed E-state index contributed by atoms with van der Waals surface area (Å²) < 4.78 is 38.3. The highest BCUT2D eigenvalue weighted by Gasteiger charge is 2.50. The van der Waals surface area contributed by atoms with Crippen molar-refractivity contribution < 1.29 is 28.5 Å². The van der Waals surface area contributed by atoms with Crippen LogP contribution in [0.3, 0.4) is 0 Å². The van der Waals surface area contributed by atoms with Crippen LogP contribution in [0.15, 0.2) is 42.5 Å². The third-order valence-corrected chi connectivity index (χ3v) is 8.47. The molecule has 2 heterocycles. The highest BCUT2D eigenvalue weighted by molar-refractivity contribution is 6.34.